The molecule has 0 aromatic heterocycles. The molecule has 144 valence electrons. The first-order chi connectivity index (χ1) is 13.0. The van der Waals surface area contributed by atoms with Crippen molar-refractivity contribution in [1.82, 2.24) is 5.32 Å². The summed E-state index contributed by atoms with van der Waals surface area (Å²) in [6.07, 6.45) is 1.75. The summed E-state index contributed by atoms with van der Waals surface area (Å²) in [7, 11) is 1.50. The van der Waals surface area contributed by atoms with E-state index in [0.29, 0.717) is 23.7 Å². The lowest BCUT2D eigenvalue weighted by Gasteiger charge is -2.18. The van der Waals surface area contributed by atoms with Crippen LogP contribution in [0.1, 0.15) is 35.3 Å². The number of nitrogens with one attached hydrogen (secondary N) is 1. The first-order valence-electron chi connectivity index (χ1n) is 8.46. The molecule has 2 aromatic carbocycles. The molecule has 1 unspecified atom stereocenters. The monoisotopic (exact) mass is 389 g/mol. The van der Waals surface area contributed by atoms with Crippen LogP contribution < -0.4 is 14.8 Å². The fourth-order valence-corrected chi connectivity index (χ4v) is 3.00. The molecule has 7 heteroatoms. The minimum atomic E-state index is -0.987. The average molecular weight is 389 g/mol. The SMILES string of the molecule is CCOc1ccc(C(=O)NC(CC(=O)O)c2ccc(SC)cc2)cc1OC. The molecule has 0 heterocycles. The molecule has 2 rings (SSSR count). The summed E-state index contributed by atoms with van der Waals surface area (Å²) in [5.74, 6) is -0.370. The number of methoxy groups -OCH3 is 1. The van der Waals surface area contributed by atoms with Gasteiger partial charge in [-0.3, -0.25) is 9.59 Å². The molecule has 0 saturated heterocycles. The second-order valence-corrected chi connectivity index (χ2v) is 6.58. The van der Waals surface area contributed by atoms with Gasteiger partial charge in [-0.2, -0.15) is 0 Å². The van der Waals surface area contributed by atoms with Gasteiger partial charge in [-0.25, -0.2) is 0 Å². The van der Waals surface area contributed by atoms with Crippen molar-refractivity contribution >= 4 is 23.6 Å². The van der Waals surface area contributed by atoms with Crippen LogP contribution in [-0.4, -0.2) is 37.0 Å². The summed E-state index contributed by atoms with van der Waals surface area (Å²) >= 11 is 1.59. The molecule has 0 radical (unpaired) electrons. The van der Waals surface area contributed by atoms with Gasteiger partial charge in [0.15, 0.2) is 11.5 Å². The third-order valence-electron chi connectivity index (χ3n) is 3.93. The summed E-state index contributed by atoms with van der Waals surface area (Å²) in [6.45, 7) is 2.34. The number of carboxylic acids is 1. The topological polar surface area (TPSA) is 84.9 Å². The standard InChI is InChI=1S/C20H23NO5S/c1-4-26-17-10-7-14(11-18(17)25-2)20(24)21-16(12-19(22)23)13-5-8-15(27-3)9-6-13/h5-11,16H,4,12H2,1-3H3,(H,21,24)(H,22,23). The van der Waals surface area contributed by atoms with Crippen LogP contribution in [-0.2, 0) is 4.79 Å². The first kappa shape index (κ1) is 20.6. The number of thioether (sulfide) groups is 1. The molecule has 1 amide bonds. The molecule has 0 aliphatic carbocycles. The maximum atomic E-state index is 12.7. The maximum absolute atomic E-state index is 12.7. The molecule has 0 fully saturated rings. The minimum absolute atomic E-state index is 0.210. The Bertz CT molecular complexity index is 791. The Balaban J connectivity index is 2.23. The number of hydrogen-bond acceptors (Lipinski definition) is 5. The summed E-state index contributed by atoms with van der Waals surface area (Å²) in [4.78, 5) is 25.0. The Hall–Kier alpha value is -2.67. The van der Waals surface area contributed by atoms with E-state index in [9.17, 15) is 14.7 Å². The largest absolute Gasteiger partial charge is 0.493 e. The molecule has 27 heavy (non-hydrogen) atoms. The highest BCUT2D eigenvalue weighted by Crippen LogP contribution is 2.28. The molecule has 0 aliphatic rings. The van der Waals surface area contributed by atoms with Gasteiger partial charge in [-0.15, -0.1) is 11.8 Å². The lowest BCUT2D eigenvalue weighted by molar-refractivity contribution is -0.137. The van der Waals surface area contributed by atoms with Crippen molar-refractivity contribution in [1.29, 1.82) is 0 Å². The molecule has 6 nitrogen and oxygen atoms in total. The van der Waals surface area contributed by atoms with Crippen LogP contribution in [0.15, 0.2) is 47.4 Å². The molecule has 0 bridgehead atoms. The summed E-state index contributed by atoms with van der Waals surface area (Å²) in [5.41, 5.74) is 1.10. The van der Waals surface area contributed by atoms with Crippen molar-refractivity contribution in [3.8, 4) is 11.5 Å². The maximum Gasteiger partial charge on any atom is 0.305 e. The molecule has 2 aromatic rings. The zero-order valence-electron chi connectivity index (χ0n) is 15.5. The van der Waals surface area contributed by atoms with Gasteiger partial charge in [-0.1, -0.05) is 12.1 Å². The molecule has 1 atom stereocenters. The third kappa shape index (κ3) is 5.65. The van der Waals surface area contributed by atoms with E-state index in [2.05, 4.69) is 5.32 Å². The molecular formula is C20H23NO5S. The van der Waals surface area contributed by atoms with Gasteiger partial charge in [-0.05, 0) is 49.1 Å². The average Bonchev–Trinajstić information content (AvgIpc) is 2.67. The second kappa shape index (κ2) is 9.87. The van der Waals surface area contributed by atoms with Crippen molar-refractivity contribution in [2.24, 2.45) is 0 Å². The smallest absolute Gasteiger partial charge is 0.305 e. The molecule has 0 aliphatic heterocycles. The van der Waals surface area contributed by atoms with Gasteiger partial charge in [0, 0.05) is 10.5 Å². The Kier molecular flexibility index (Phi) is 7.55. The van der Waals surface area contributed by atoms with E-state index in [-0.39, 0.29) is 12.3 Å². The van der Waals surface area contributed by atoms with E-state index >= 15 is 0 Å². The van der Waals surface area contributed by atoms with E-state index in [4.69, 9.17) is 9.47 Å². The molecule has 2 N–H and O–H groups in total. The number of carbonyl (C=O) groups excluding carboxylic acids is 1. The molecule has 0 spiro atoms. The zero-order chi connectivity index (χ0) is 19.8. The van der Waals surface area contributed by atoms with Crippen LogP contribution in [0, 0.1) is 0 Å². The van der Waals surface area contributed by atoms with Crippen molar-refractivity contribution in [2.45, 2.75) is 24.3 Å². The highest BCUT2D eigenvalue weighted by atomic mass is 32.2. The summed E-state index contributed by atoms with van der Waals surface area (Å²) in [6, 6.07) is 11.7. The van der Waals surface area contributed by atoms with E-state index in [1.807, 2.05) is 37.4 Å². The Morgan fingerprint density at radius 1 is 1.15 bits per heavy atom. The third-order valence-corrected chi connectivity index (χ3v) is 4.67. The van der Waals surface area contributed by atoms with Crippen molar-refractivity contribution in [3.05, 3.63) is 53.6 Å². The highest BCUT2D eigenvalue weighted by molar-refractivity contribution is 7.98. The number of ether oxygens (including phenoxy) is 2. The Labute approximate surface area is 162 Å². The van der Waals surface area contributed by atoms with Gasteiger partial charge >= 0.3 is 5.97 Å². The molecule has 0 saturated carbocycles. The van der Waals surface area contributed by atoms with Gasteiger partial charge < -0.3 is 19.9 Å². The normalized spacial score (nSPS) is 11.5. The van der Waals surface area contributed by atoms with E-state index in [0.717, 1.165) is 10.5 Å². The predicted molar refractivity (Wildman–Crippen MR) is 105 cm³/mol. The fourth-order valence-electron chi connectivity index (χ4n) is 2.59. The number of hydrogen-bond donors (Lipinski definition) is 2. The Morgan fingerprint density at radius 3 is 2.41 bits per heavy atom. The lowest BCUT2D eigenvalue weighted by atomic mass is 10.0. The van der Waals surface area contributed by atoms with Crippen LogP contribution in [0.2, 0.25) is 0 Å². The van der Waals surface area contributed by atoms with E-state index < -0.39 is 12.0 Å². The minimum Gasteiger partial charge on any atom is -0.493 e. The summed E-state index contributed by atoms with van der Waals surface area (Å²) < 4.78 is 10.7. The number of carboxylic acid groups (broad SMARTS) is 1. The van der Waals surface area contributed by atoms with E-state index in [1.54, 1.807) is 30.0 Å². The van der Waals surface area contributed by atoms with Crippen molar-refractivity contribution < 1.29 is 24.2 Å². The number of benzene rings is 2. The van der Waals surface area contributed by atoms with Crippen molar-refractivity contribution in [3.63, 3.8) is 0 Å². The quantitative estimate of drug-likeness (QED) is 0.635. The van der Waals surface area contributed by atoms with Gasteiger partial charge in [0.05, 0.1) is 26.2 Å². The number of aliphatic carboxylic acids is 1. The molecular weight excluding hydrogens is 366 g/mol. The lowest BCUT2D eigenvalue weighted by Crippen LogP contribution is -2.30. The van der Waals surface area contributed by atoms with Crippen LogP contribution in [0.5, 0.6) is 11.5 Å². The summed E-state index contributed by atoms with van der Waals surface area (Å²) in [5, 5.41) is 12.0. The van der Waals surface area contributed by atoms with Crippen LogP contribution >= 0.6 is 11.8 Å². The van der Waals surface area contributed by atoms with Gasteiger partial charge in [0.2, 0.25) is 0 Å². The van der Waals surface area contributed by atoms with Crippen LogP contribution in [0.4, 0.5) is 0 Å². The number of amides is 1. The second-order valence-electron chi connectivity index (χ2n) is 5.70. The van der Waals surface area contributed by atoms with E-state index in [1.165, 1.54) is 7.11 Å². The first-order valence-corrected chi connectivity index (χ1v) is 9.68. The van der Waals surface area contributed by atoms with Gasteiger partial charge in [0.25, 0.3) is 5.91 Å². The van der Waals surface area contributed by atoms with Gasteiger partial charge in [0.1, 0.15) is 0 Å². The predicted octanol–water partition coefficient (Wildman–Crippen LogP) is 3.76. The number of carbonyl (C=O) groups is 2. The van der Waals surface area contributed by atoms with Crippen LogP contribution in [0.3, 0.4) is 0 Å². The zero-order valence-corrected chi connectivity index (χ0v) is 16.3. The fraction of sp³-hybridized carbons (Fsp3) is 0.300. The number of rotatable bonds is 9. The van der Waals surface area contributed by atoms with Crippen LogP contribution in [0.25, 0.3) is 0 Å². The van der Waals surface area contributed by atoms with Crippen molar-refractivity contribution in [2.75, 3.05) is 20.0 Å². The Morgan fingerprint density at radius 2 is 1.85 bits per heavy atom. The highest BCUT2D eigenvalue weighted by Gasteiger charge is 2.20.